The lowest BCUT2D eigenvalue weighted by Crippen LogP contribution is -2.21. The van der Waals surface area contributed by atoms with Crippen LogP contribution in [0.1, 0.15) is 31.0 Å². The van der Waals surface area contributed by atoms with E-state index < -0.39 is 12.7 Å². The van der Waals surface area contributed by atoms with Crippen molar-refractivity contribution in [2.75, 3.05) is 0 Å². The highest BCUT2D eigenvalue weighted by atomic mass is 19.4. The fraction of sp³-hybridized carbons (Fsp3) is 0.500. The molecule has 1 aromatic carbocycles. The molecule has 1 aromatic heterocycles. The summed E-state index contributed by atoms with van der Waals surface area (Å²) in [5.41, 5.74) is 7.03. The van der Waals surface area contributed by atoms with Crippen molar-refractivity contribution in [2.24, 2.45) is 5.73 Å². The first-order chi connectivity index (χ1) is 9.44. The van der Waals surface area contributed by atoms with Gasteiger partial charge >= 0.3 is 6.18 Å². The van der Waals surface area contributed by atoms with Crippen LogP contribution in [0.3, 0.4) is 0 Å². The van der Waals surface area contributed by atoms with Gasteiger partial charge < -0.3 is 10.3 Å². The molecule has 1 aliphatic carbocycles. The smallest absolute Gasteiger partial charge is 0.328 e. The number of rotatable bonds is 2. The number of imidazole rings is 1. The molecule has 2 atom stereocenters. The van der Waals surface area contributed by atoms with Crippen LogP contribution in [0, 0.1) is 0 Å². The lowest BCUT2D eigenvalue weighted by atomic mass is 10.1. The van der Waals surface area contributed by atoms with Gasteiger partial charge in [-0.15, -0.1) is 0 Å². The highest BCUT2D eigenvalue weighted by Gasteiger charge is 2.33. The van der Waals surface area contributed by atoms with Crippen LogP contribution in [0.4, 0.5) is 13.2 Å². The van der Waals surface area contributed by atoms with E-state index in [2.05, 4.69) is 4.98 Å². The summed E-state index contributed by atoms with van der Waals surface area (Å²) in [6.07, 6.45) is -1.89. The quantitative estimate of drug-likeness (QED) is 0.919. The molecule has 1 fully saturated rings. The minimum atomic E-state index is -4.25. The van der Waals surface area contributed by atoms with Crippen molar-refractivity contribution in [3.63, 3.8) is 0 Å². The fourth-order valence-corrected chi connectivity index (χ4v) is 3.00. The highest BCUT2D eigenvalue weighted by Crippen LogP contribution is 2.35. The van der Waals surface area contributed by atoms with Gasteiger partial charge in [-0.3, -0.25) is 0 Å². The molecule has 6 heteroatoms. The van der Waals surface area contributed by atoms with Crippen LogP contribution in [0.5, 0.6) is 0 Å². The molecule has 1 aliphatic rings. The van der Waals surface area contributed by atoms with E-state index >= 15 is 0 Å². The van der Waals surface area contributed by atoms with E-state index in [1.165, 1.54) is 4.57 Å². The van der Waals surface area contributed by atoms with Crippen molar-refractivity contribution in [1.82, 2.24) is 9.55 Å². The molecule has 0 saturated heterocycles. The normalized spacial score (nSPS) is 23.6. The average Bonchev–Trinajstić information content (AvgIpc) is 2.93. The van der Waals surface area contributed by atoms with E-state index in [4.69, 9.17) is 5.73 Å². The average molecular weight is 283 g/mol. The van der Waals surface area contributed by atoms with Crippen LogP contribution in [0.2, 0.25) is 0 Å². The summed E-state index contributed by atoms with van der Waals surface area (Å²) >= 11 is 0. The number of nitrogens with zero attached hydrogens (tertiary/aromatic N) is 2. The Balaban J connectivity index is 2.07. The fourth-order valence-electron chi connectivity index (χ4n) is 3.00. The highest BCUT2D eigenvalue weighted by molar-refractivity contribution is 5.76. The molecule has 0 bridgehead atoms. The molecular formula is C14H16F3N3. The number of fused-ring (bicyclic) bond motifs is 1. The van der Waals surface area contributed by atoms with Crippen molar-refractivity contribution >= 4 is 11.0 Å². The zero-order valence-corrected chi connectivity index (χ0v) is 10.9. The third kappa shape index (κ3) is 2.52. The van der Waals surface area contributed by atoms with Crippen LogP contribution < -0.4 is 5.73 Å². The first-order valence-electron chi connectivity index (χ1n) is 6.71. The van der Waals surface area contributed by atoms with Crippen LogP contribution in [0.15, 0.2) is 24.3 Å². The summed E-state index contributed by atoms with van der Waals surface area (Å²) in [6.45, 7) is -0.991. The van der Waals surface area contributed by atoms with Gasteiger partial charge in [-0.05, 0) is 31.4 Å². The van der Waals surface area contributed by atoms with Crippen LogP contribution in [-0.2, 0) is 6.54 Å². The number of hydrogen-bond acceptors (Lipinski definition) is 2. The summed E-state index contributed by atoms with van der Waals surface area (Å²) in [6, 6.07) is 7.03. The lowest BCUT2D eigenvalue weighted by Gasteiger charge is -2.15. The molecule has 0 aliphatic heterocycles. The summed E-state index contributed by atoms with van der Waals surface area (Å²) < 4.78 is 39.8. The third-order valence-electron chi connectivity index (χ3n) is 3.86. The second-order valence-electron chi connectivity index (χ2n) is 5.43. The Morgan fingerprint density at radius 1 is 1.25 bits per heavy atom. The van der Waals surface area contributed by atoms with Gasteiger partial charge in [-0.2, -0.15) is 13.2 Å². The van der Waals surface area contributed by atoms with Gasteiger partial charge in [-0.1, -0.05) is 12.1 Å². The van der Waals surface area contributed by atoms with E-state index in [1.54, 1.807) is 24.3 Å². The maximum atomic E-state index is 12.8. The molecule has 3 rings (SSSR count). The van der Waals surface area contributed by atoms with Crippen molar-refractivity contribution in [1.29, 1.82) is 0 Å². The number of halogens is 3. The predicted octanol–water partition coefficient (Wildman–Crippen LogP) is 3.19. The number of hydrogen-bond donors (Lipinski definition) is 1. The number of alkyl halides is 3. The Labute approximate surface area is 114 Å². The molecule has 0 radical (unpaired) electrons. The zero-order valence-electron chi connectivity index (χ0n) is 10.9. The summed E-state index contributed by atoms with van der Waals surface area (Å²) in [5, 5.41) is 0. The van der Waals surface area contributed by atoms with Gasteiger partial charge in [0.1, 0.15) is 12.4 Å². The Morgan fingerprint density at radius 3 is 2.65 bits per heavy atom. The standard InChI is InChI=1S/C14H16F3N3/c15-14(16,17)8-20-12-4-2-1-3-11(12)19-13(20)9-5-6-10(18)7-9/h1-4,9-10H,5-8,18H2. The maximum absolute atomic E-state index is 12.8. The van der Waals surface area contributed by atoms with Gasteiger partial charge in [0, 0.05) is 12.0 Å². The summed E-state index contributed by atoms with van der Waals surface area (Å²) in [5.74, 6) is 0.552. The van der Waals surface area contributed by atoms with E-state index in [0.29, 0.717) is 23.3 Å². The first-order valence-corrected chi connectivity index (χ1v) is 6.71. The molecule has 20 heavy (non-hydrogen) atoms. The molecule has 108 valence electrons. The van der Waals surface area contributed by atoms with E-state index in [1.807, 2.05) is 0 Å². The molecule has 0 spiro atoms. The Hall–Kier alpha value is -1.56. The number of benzene rings is 1. The van der Waals surface area contributed by atoms with Crippen LogP contribution in [-0.4, -0.2) is 21.8 Å². The second kappa shape index (κ2) is 4.77. The van der Waals surface area contributed by atoms with Gasteiger partial charge in [0.15, 0.2) is 0 Å². The van der Waals surface area contributed by atoms with Gasteiger partial charge in [-0.25, -0.2) is 4.98 Å². The SMILES string of the molecule is NC1CCC(c2nc3ccccc3n2CC(F)(F)F)C1. The van der Waals surface area contributed by atoms with E-state index in [9.17, 15) is 13.2 Å². The van der Waals surface area contributed by atoms with Gasteiger partial charge in [0.05, 0.1) is 11.0 Å². The van der Waals surface area contributed by atoms with Crippen molar-refractivity contribution in [2.45, 2.75) is 43.9 Å². The van der Waals surface area contributed by atoms with Crippen molar-refractivity contribution < 1.29 is 13.2 Å². The molecule has 2 unspecified atom stereocenters. The zero-order chi connectivity index (χ0) is 14.3. The van der Waals surface area contributed by atoms with Crippen molar-refractivity contribution in [3.8, 4) is 0 Å². The summed E-state index contributed by atoms with van der Waals surface area (Å²) in [7, 11) is 0. The monoisotopic (exact) mass is 283 g/mol. The number of para-hydroxylation sites is 2. The maximum Gasteiger partial charge on any atom is 0.406 e. The molecule has 2 aromatic rings. The first kappa shape index (κ1) is 13.4. The van der Waals surface area contributed by atoms with Crippen LogP contribution >= 0.6 is 0 Å². The largest absolute Gasteiger partial charge is 0.406 e. The second-order valence-corrected chi connectivity index (χ2v) is 5.43. The number of nitrogens with two attached hydrogens (primary N) is 1. The molecular weight excluding hydrogens is 267 g/mol. The lowest BCUT2D eigenvalue weighted by molar-refractivity contribution is -0.140. The van der Waals surface area contributed by atoms with E-state index in [-0.39, 0.29) is 12.0 Å². The Morgan fingerprint density at radius 2 is 2.00 bits per heavy atom. The van der Waals surface area contributed by atoms with Crippen molar-refractivity contribution in [3.05, 3.63) is 30.1 Å². The Kier molecular flexibility index (Phi) is 3.20. The third-order valence-corrected chi connectivity index (χ3v) is 3.86. The predicted molar refractivity (Wildman–Crippen MR) is 70.4 cm³/mol. The minimum absolute atomic E-state index is 0.0275. The minimum Gasteiger partial charge on any atom is -0.328 e. The molecule has 0 amide bonds. The Bertz CT molecular complexity index is 618. The van der Waals surface area contributed by atoms with Gasteiger partial charge in [0.2, 0.25) is 0 Å². The van der Waals surface area contributed by atoms with Gasteiger partial charge in [0.25, 0.3) is 0 Å². The number of aromatic nitrogens is 2. The molecule has 1 saturated carbocycles. The van der Waals surface area contributed by atoms with E-state index in [0.717, 1.165) is 12.8 Å². The van der Waals surface area contributed by atoms with Crippen LogP contribution in [0.25, 0.3) is 11.0 Å². The molecule has 2 N–H and O–H groups in total. The molecule has 1 heterocycles. The topological polar surface area (TPSA) is 43.8 Å². The molecule has 3 nitrogen and oxygen atoms in total. The summed E-state index contributed by atoms with van der Waals surface area (Å²) in [4.78, 5) is 4.42.